The van der Waals surface area contributed by atoms with Crippen molar-refractivity contribution in [2.45, 2.75) is 20.5 Å². The molecule has 0 saturated heterocycles. The van der Waals surface area contributed by atoms with Crippen LogP contribution in [0.5, 0.6) is 5.88 Å². The highest BCUT2D eigenvalue weighted by molar-refractivity contribution is 5.24. The standard InChI is InChI=1S/C9H13NO2/c1-3-12-9-5-4-8(6-11)7(2)10-9/h4-5,11H,3,6H2,1-2H3. The lowest BCUT2D eigenvalue weighted by molar-refractivity contribution is 0.279. The molecule has 0 bridgehead atoms. The van der Waals surface area contributed by atoms with Crippen molar-refractivity contribution in [1.82, 2.24) is 4.98 Å². The average molecular weight is 167 g/mol. The summed E-state index contributed by atoms with van der Waals surface area (Å²) in [6, 6.07) is 3.59. The summed E-state index contributed by atoms with van der Waals surface area (Å²) in [5, 5.41) is 8.86. The van der Waals surface area contributed by atoms with Crippen LogP contribution in [0.15, 0.2) is 12.1 Å². The molecule has 0 atom stereocenters. The summed E-state index contributed by atoms with van der Waals surface area (Å²) in [6.45, 7) is 4.42. The van der Waals surface area contributed by atoms with E-state index in [4.69, 9.17) is 9.84 Å². The molecule has 0 aliphatic heterocycles. The molecule has 0 saturated carbocycles. The van der Waals surface area contributed by atoms with Crippen LogP contribution in [0.4, 0.5) is 0 Å². The summed E-state index contributed by atoms with van der Waals surface area (Å²) in [4.78, 5) is 4.15. The zero-order valence-corrected chi connectivity index (χ0v) is 7.37. The Bertz CT molecular complexity index is 261. The van der Waals surface area contributed by atoms with E-state index in [-0.39, 0.29) is 6.61 Å². The Kier molecular flexibility index (Phi) is 3.05. The fourth-order valence-corrected chi connectivity index (χ4v) is 0.962. The van der Waals surface area contributed by atoms with E-state index in [2.05, 4.69) is 4.98 Å². The van der Waals surface area contributed by atoms with Gasteiger partial charge in [-0.05, 0) is 25.5 Å². The molecule has 1 aromatic heterocycles. The highest BCUT2D eigenvalue weighted by atomic mass is 16.5. The van der Waals surface area contributed by atoms with Gasteiger partial charge in [-0.1, -0.05) is 0 Å². The van der Waals surface area contributed by atoms with E-state index in [0.29, 0.717) is 12.5 Å². The Balaban J connectivity index is 2.86. The van der Waals surface area contributed by atoms with Crippen LogP contribution in [0.1, 0.15) is 18.2 Å². The second-order valence-electron chi connectivity index (χ2n) is 2.49. The zero-order valence-electron chi connectivity index (χ0n) is 7.37. The van der Waals surface area contributed by atoms with Crippen LogP contribution in [-0.2, 0) is 6.61 Å². The molecule has 0 unspecified atom stereocenters. The van der Waals surface area contributed by atoms with Gasteiger partial charge >= 0.3 is 0 Å². The molecule has 0 aromatic carbocycles. The third kappa shape index (κ3) is 1.95. The monoisotopic (exact) mass is 167 g/mol. The van der Waals surface area contributed by atoms with Crippen molar-refractivity contribution in [3.63, 3.8) is 0 Å². The van der Waals surface area contributed by atoms with E-state index in [1.54, 1.807) is 6.07 Å². The topological polar surface area (TPSA) is 42.4 Å². The molecule has 1 aromatic rings. The fourth-order valence-electron chi connectivity index (χ4n) is 0.962. The normalized spacial score (nSPS) is 9.92. The minimum atomic E-state index is 0.0330. The van der Waals surface area contributed by atoms with Gasteiger partial charge in [0.05, 0.1) is 13.2 Å². The molecule has 0 amide bonds. The number of rotatable bonds is 3. The lowest BCUT2D eigenvalue weighted by Gasteiger charge is -2.05. The minimum Gasteiger partial charge on any atom is -0.478 e. The second-order valence-corrected chi connectivity index (χ2v) is 2.49. The van der Waals surface area contributed by atoms with Crippen molar-refractivity contribution < 1.29 is 9.84 Å². The van der Waals surface area contributed by atoms with Gasteiger partial charge in [0.15, 0.2) is 0 Å². The van der Waals surface area contributed by atoms with Gasteiger partial charge in [0.25, 0.3) is 0 Å². The molecule has 0 spiro atoms. The summed E-state index contributed by atoms with van der Waals surface area (Å²) in [5.74, 6) is 0.618. The van der Waals surface area contributed by atoms with Crippen LogP contribution in [0.3, 0.4) is 0 Å². The Morgan fingerprint density at radius 1 is 1.50 bits per heavy atom. The van der Waals surface area contributed by atoms with E-state index in [1.165, 1.54) is 0 Å². The van der Waals surface area contributed by atoms with Crippen molar-refractivity contribution in [3.8, 4) is 5.88 Å². The van der Waals surface area contributed by atoms with E-state index in [9.17, 15) is 0 Å². The van der Waals surface area contributed by atoms with E-state index < -0.39 is 0 Å². The highest BCUT2D eigenvalue weighted by Gasteiger charge is 1.99. The lowest BCUT2D eigenvalue weighted by Crippen LogP contribution is -1.98. The Morgan fingerprint density at radius 3 is 2.75 bits per heavy atom. The van der Waals surface area contributed by atoms with Gasteiger partial charge in [-0.25, -0.2) is 4.98 Å². The van der Waals surface area contributed by atoms with Crippen LogP contribution in [0, 0.1) is 6.92 Å². The maximum atomic E-state index is 8.86. The molecule has 1 rings (SSSR count). The van der Waals surface area contributed by atoms with Gasteiger partial charge in [-0.3, -0.25) is 0 Å². The van der Waals surface area contributed by atoms with E-state index >= 15 is 0 Å². The highest BCUT2D eigenvalue weighted by Crippen LogP contribution is 2.11. The van der Waals surface area contributed by atoms with Crippen LogP contribution in [0.25, 0.3) is 0 Å². The van der Waals surface area contributed by atoms with Gasteiger partial charge in [-0.15, -0.1) is 0 Å². The molecule has 3 nitrogen and oxygen atoms in total. The number of ether oxygens (including phenoxy) is 1. The molecule has 66 valence electrons. The second kappa shape index (κ2) is 4.07. The van der Waals surface area contributed by atoms with E-state index in [1.807, 2.05) is 19.9 Å². The largest absolute Gasteiger partial charge is 0.478 e. The van der Waals surface area contributed by atoms with Crippen LogP contribution in [0.2, 0.25) is 0 Å². The van der Waals surface area contributed by atoms with Crippen LogP contribution >= 0.6 is 0 Å². The summed E-state index contributed by atoms with van der Waals surface area (Å²) in [7, 11) is 0. The van der Waals surface area contributed by atoms with Crippen LogP contribution in [-0.4, -0.2) is 16.7 Å². The van der Waals surface area contributed by atoms with Gasteiger partial charge in [0, 0.05) is 11.8 Å². The predicted molar refractivity (Wildman–Crippen MR) is 46.1 cm³/mol. The smallest absolute Gasteiger partial charge is 0.213 e. The number of aliphatic hydroxyl groups excluding tert-OH is 1. The SMILES string of the molecule is CCOc1ccc(CO)c(C)n1. The van der Waals surface area contributed by atoms with Crippen LogP contribution < -0.4 is 4.74 Å². The van der Waals surface area contributed by atoms with Gasteiger partial charge < -0.3 is 9.84 Å². The molecule has 0 radical (unpaired) electrons. The van der Waals surface area contributed by atoms with Crippen molar-refractivity contribution >= 4 is 0 Å². The molecule has 3 heteroatoms. The maximum Gasteiger partial charge on any atom is 0.213 e. The first-order valence-corrected chi connectivity index (χ1v) is 3.98. The van der Waals surface area contributed by atoms with Crippen molar-refractivity contribution in [1.29, 1.82) is 0 Å². The minimum absolute atomic E-state index is 0.0330. The van der Waals surface area contributed by atoms with Crippen molar-refractivity contribution in [3.05, 3.63) is 23.4 Å². The Labute approximate surface area is 72.0 Å². The first-order valence-electron chi connectivity index (χ1n) is 3.98. The summed E-state index contributed by atoms with van der Waals surface area (Å²) < 4.78 is 5.19. The first-order chi connectivity index (χ1) is 5.77. The van der Waals surface area contributed by atoms with Gasteiger partial charge in [-0.2, -0.15) is 0 Å². The summed E-state index contributed by atoms with van der Waals surface area (Å²) >= 11 is 0. The van der Waals surface area contributed by atoms with Gasteiger partial charge in [0.2, 0.25) is 5.88 Å². The van der Waals surface area contributed by atoms with E-state index in [0.717, 1.165) is 11.3 Å². The lowest BCUT2D eigenvalue weighted by atomic mass is 10.2. The third-order valence-electron chi connectivity index (χ3n) is 1.63. The molecule has 1 heterocycles. The molecule has 0 fully saturated rings. The average Bonchev–Trinajstić information content (AvgIpc) is 2.05. The number of hydrogen-bond acceptors (Lipinski definition) is 3. The van der Waals surface area contributed by atoms with Gasteiger partial charge in [0.1, 0.15) is 0 Å². The molecule has 1 N–H and O–H groups in total. The number of aliphatic hydroxyl groups is 1. The molecular formula is C9H13NO2. The Hall–Kier alpha value is -1.09. The molecule has 0 aliphatic rings. The number of aryl methyl sites for hydroxylation is 1. The summed E-state index contributed by atoms with van der Waals surface area (Å²) in [5.41, 5.74) is 1.67. The third-order valence-corrected chi connectivity index (χ3v) is 1.63. The summed E-state index contributed by atoms with van der Waals surface area (Å²) in [6.07, 6.45) is 0. The number of pyridine rings is 1. The maximum absolute atomic E-state index is 8.86. The number of aromatic nitrogens is 1. The van der Waals surface area contributed by atoms with Crippen molar-refractivity contribution in [2.24, 2.45) is 0 Å². The quantitative estimate of drug-likeness (QED) is 0.737. The molecule has 0 aliphatic carbocycles. The molecular weight excluding hydrogens is 154 g/mol. The zero-order chi connectivity index (χ0) is 8.97. The number of hydrogen-bond donors (Lipinski definition) is 1. The fraction of sp³-hybridized carbons (Fsp3) is 0.444. The molecule has 12 heavy (non-hydrogen) atoms. The predicted octanol–water partition coefficient (Wildman–Crippen LogP) is 1.28. The van der Waals surface area contributed by atoms with Crippen molar-refractivity contribution in [2.75, 3.05) is 6.61 Å². The first kappa shape index (κ1) is 9.00. The Morgan fingerprint density at radius 2 is 2.25 bits per heavy atom. The number of nitrogens with zero attached hydrogens (tertiary/aromatic N) is 1.